The second-order valence-electron chi connectivity index (χ2n) is 8.33. The molecule has 0 spiro atoms. The fourth-order valence-electron chi connectivity index (χ4n) is 3.57. The van der Waals surface area contributed by atoms with Gasteiger partial charge in [-0.1, -0.05) is 29.8 Å². The highest BCUT2D eigenvalue weighted by Gasteiger charge is 2.61. The molecule has 0 aromatic heterocycles. The first kappa shape index (κ1) is 21.6. The zero-order chi connectivity index (χ0) is 20.7. The van der Waals surface area contributed by atoms with Crippen molar-refractivity contribution in [3.8, 4) is 0 Å². The SMILES string of the molecule is Cc1ccc(C(C2(O)CC(CO)(NC(=O)OC(C)(C)C)C2)S(=O)(=O)O)cc1. The van der Waals surface area contributed by atoms with Gasteiger partial charge in [-0.15, -0.1) is 0 Å². The molecule has 4 N–H and O–H groups in total. The number of aliphatic hydroxyl groups excluding tert-OH is 1. The molecule has 27 heavy (non-hydrogen) atoms. The van der Waals surface area contributed by atoms with Crippen molar-refractivity contribution in [3.63, 3.8) is 0 Å². The van der Waals surface area contributed by atoms with Gasteiger partial charge in [0, 0.05) is 12.8 Å². The minimum atomic E-state index is -4.64. The van der Waals surface area contributed by atoms with Crippen LogP contribution in [-0.2, 0) is 14.9 Å². The fourth-order valence-corrected chi connectivity index (χ4v) is 4.79. The van der Waals surface area contributed by atoms with Crippen LogP contribution in [0.4, 0.5) is 4.79 Å². The molecule has 1 aromatic rings. The third-order valence-corrected chi connectivity index (χ3v) is 5.83. The second-order valence-corrected chi connectivity index (χ2v) is 9.83. The summed E-state index contributed by atoms with van der Waals surface area (Å²) in [6.07, 6.45) is -1.29. The summed E-state index contributed by atoms with van der Waals surface area (Å²) in [5.41, 5.74) is -2.70. The van der Waals surface area contributed by atoms with Crippen molar-refractivity contribution in [3.05, 3.63) is 35.4 Å². The van der Waals surface area contributed by atoms with Crippen LogP contribution in [0.5, 0.6) is 0 Å². The molecule has 152 valence electrons. The number of hydrogen-bond acceptors (Lipinski definition) is 6. The summed E-state index contributed by atoms with van der Waals surface area (Å²) in [5, 5.41) is 21.5. The summed E-state index contributed by atoms with van der Waals surface area (Å²) in [6, 6.07) is 6.39. The quantitative estimate of drug-likeness (QED) is 0.552. The van der Waals surface area contributed by atoms with Gasteiger partial charge in [-0.05, 0) is 33.3 Å². The maximum Gasteiger partial charge on any atom is 0.408 e. The Morgan fingerprint density at radius 3 is 2.19 bits per heavy atom. The van der Waals surface area contributed by atoms with E-state index in [9.17, 15) is 28.0 Å². The number of nitrogens with one attached hydrogen (secondary N) is 1. The lowest BCUT2D eigenvalue weighted by atomic mass is 9.62. The lowest BCUT2D eigenvalue weighted by molar-refractivity contribution is -0.118. The molecule has 1 saturated carbocycles. The standard InChI is InChI=1S/C18H27NO7S/c1-12-5-7-13(8-6-12)14(27(23,24)25)18(22)9-17(10-18,11-20)19-15(21)26-16(2,3)4/h5-8,14,20,22H,9-11H2,1-4H3,(H,19,21)(H,23,24,25). The van der Waals surface area contributed by atoms with Gasteiger partial charge in [0.25, 0.3) is 10.1 Å². The summed E-state index contributed by atoms with van der Waals surface area (Å²) in [4.78, 5) is 12.0. The highest BCUT2D eigenvalue weighted by molar-refractivity contribution is 7.86. The van der Waals surface area contributed by atoms with Crippen LogP contribution >= 0.6 is 0 Å². The van der Waals surface area contributed by atoms with E-state index < -0.39 is 44.8 Å². The molecule has 1 aliphatic carbocycles. The molecule has 0 aliphatic heterocycles. The highest BCUT2D eigenvalue weighted by Crippen LogP contribution is 2.51. The minimum absolute atomic E-state index is 0.231. The average molecular weight is 401 g/mol. The van der Waals surface area contributed by atoms with Crippen LogP contribution < -0.4 is 5.32 Å². The van der Waals surface area contributed by atoms with Gasteiger partial charge in [0.2, 0.25) is 0 Å². The zero-order valence-electron chi connectivity index (χ0n) is 15.9. The van der Waals surface area contributed by atoms with Gasteiger partial charge in [-0.25, -0.2) is 4.79 Å². The maximum atomic E-state index is 12.0. The van der Waals surface area contributed by atoms with E-state index in [1.165, 1.54) is 12.1 Å². The molecule has 0 saturated heterocycles. The molecule has 1 aliphatic rings. The molecule has 0 radical (unpaired) electrons. The third-order valence-electron chi connectivity index (χ3n) is 4.52. The summed E-state index contributed by atoms with van der Waals surface area (Å²) < 4.78 is 38.8. The van der Waals surface area contributed by atoms with Crippen LogP contribution in [0.15, 0.2) is 24.3 Å². The predicted octanol–water partition coefficient (Wildman–Crippen LogP) is 1.70. The molecule has 1 aromatic carbocycles. The number of aliphatic hydroxyl groups is 2. The summed E-state index contributed by atoms with van der Waals surface area (Å²) in [6.45, 7) is 6.36. The zero-order valence-corrected chi connectivity index (χ0v) is 16.7. The Hall–Kier alpha value is -1.68. The van der Waals surface area contributed by atoms with Crippen LogP contribution in [0.1, 0.15) is 50.0 Å². The lowest BCUT2D eigenvalue weighted by Crippen LogP contribution is -2.69. The van der Waals surface area contributed by atoms with Gasteiger partial charge in [0.15, 0.2) is 0 Å². The Morgan fingerprint density at radius 2 is 1.78 bits per heavy atom. The van der Waals surface area contributed by atoms with Gasteiger partial charge in [-0.2, -0.15) is 8.42 Å². The number of benzene rings is 1. The molecule has 1 unspecified atom stereocenters. The van der Waals surface area contributed by atoms with E-state index in [2.05, 4.69) is 5.32 Å². The molecule has 0 heterocycles. The molecule has 9 heteroatoms. The van der Waals surface area contributed by atoms with E-state index in [1.54, 1.807) is 32.9 Å². The number of aryl methyl sites for hydroxylation is 1. The van der Waals surface area contributed by atoms with E-state index >= 15 is 0 Å². The minimum Gasteiger partial charge on any atom is -0.444 e. The number of carbonyl (C=O) groups is 1. The van der Waals surface area contributed by atoms with Crippen molar-refractivity contribution < 1.29 is 32.7 Å². The Labute approximate surface area is 159 Å². The number of alkyl carbamates (subject to hydrolysis) is 1. The molecule has 0 bridgehead atoms. The number of amides is 1. The molecule has 8 nitrogen and oxygen atoms in total. The van der Waals surface area contributed by atoms with E-state index in [0.717, 1.165) is 5.56 Å². The van der Waals surface area contributed by atoms with E-state index in [1.807, 2.05) is 6.92 Å². The summed E-state index contributed by atoms with van der Waals surface area (Å²) in [5.74, 6) is 0. The summed E-state index contributed by atoms with van der Waals surface area (Å²) in [7, 11) is -4.64. The topological polar surface area (TPSA) is 133 Å². The van der Waals surface area contributed by atoms with Gasteiger partial charge in [-0.3, -0.25) is 4.55 Å². The van der Waals surface area contributed by atoms with Crippen molar-refractivity contribution >= 4 is 16.2 Å². The van der Waals surface area contributed by atoms with Gasteiger partial charge in [0.1, 0.15) is 10.9 Å². The Bertz CT molecular complexity index is 790. The number of rotatable bonds is 5. The van der Waals surface area contributed by atoms with E-state index in [0.29, 0.717) is 0 Å². The fraction of sp³-hybridized carbons (Fsp3) is 0.611. The maximum absolute atomic E-state index is 12.0. The lowest BCUT2D eigenvalue weighted by Gasteiger charge is -2.54. The monoisotopic (exact) mass is 401 g/mol. The molecule has 1 amide bonds. The largest absolute Gasteiger partial charge is 0.444 e. The average Bonchev–Trinajstić information content (AvgIpc) is 2.44. The van der Waals surface area contributed by atoms with Crippen LogP contribution in [-0.4, -0.2) is 52.6 Å². The first-order chi connectivity index (χ1) is 12.2. The first-order valence-corrected chi connectivity index (χ1v) is 10.1. The Morgan fingerprint density at radius 1 is 1.26 bits per heavy atom. The second kappa shape index (κ2) is 7.05. The smallest absolute Gasteiger partial charge is 0.408 e. The molecule has 1 fully saturated rings. The van der Waals surface area contributed by atoms with Crippen LogP contribution in [0, 0.1) is 6.92 Å². The van der Waals surface area contributed by atoms with Gasteiger partial charge >= 0.3 is 6.09 Å². The number of carbonyl (C=O) groups excluding carboxylic acids is 1. The molecule has 1 atom stereocenters. The predicted molar refractivity (Wildman–Crippen MR) is 98.8 cm³/mol. The van der Waals surface area contributed by atoms with Crippen molar-refractivity contribution in [1.29, 1.82) is 0 Å². The van der Waals surface area contributed by atoms with Crippen molar-refractivity contribution in [1.82, 2.24) is 5.32 Å². The first-order valence-electron chi connectivity index (χ1n) is 8.57. The van der Waals surface area contributed by atoms with Crippen molar-refractivity contribution in [2.75, 3.05) is 6.61 Å². The Balaban J connectivity index is 2.25. The number of hydrogen-bond donors (Lipinski definition) is 4. The summed E-state index contributed by atoms with van der Waals surface area (Å²) >= 11 is 0. The molecular formula is C18H27NO7S. The molecular weight excluding hydrogens is 374 g/mol. The third kappa shape index (κ3) is 4.98. The molecule has 2 rings (SSSR count). The van der Waals surface area contributed by atoms with Crippen molar-refractivity contribution in [2.24, 2.45) is 0 Å². The van der Waals surface area contributed by atoms with E-state index in [-0.39, 0.29) is 18.4 Å². The van der Waals surface area contributed by atoms with Crippen LogP contribution in [0.25, 0.3) is 0 Å². The Kier molecular flexibility index (Phi) is 5.64. The normalized spacial score (nSPS) is 26.8. The van der Waals surface area contributed by atoms with Gasteiger partial charge in [0.05, 0.1) is 17.7 Å². The van der Waals surface area contributed by atoms with E-state index in [4.69, 9.17) is 4.74 Å². The number of ether oxygens (including phenoxy) is 1. The van der Waals surface area contributed by atoms with Crippen LogP contribution in [0.3, 0.4) is 0 Å². The highest BCUT2D eigenvalue weighted by atomic mass is 32.2. The van der Waals surface area contributed by atoms with Crippen LogP contribution in [0.2, 0.25) is 0 Å². The van der Waals surface area contributed by atoms with Gasteiger partial charge < -0.3 is 20.3 Å². The van der Waals surface area contributed by atoms with Crippen molar-refractivity contribution in [2.45, 2.75) is 62.5 Å².